The molecule has 0 spiro atoms. The molecule has 20 heavy (non-hydrogen) atoms. The van der Waals surface area contributed by atoms with E-state index in [4.69, 9.17) is 0 Å². The summed E-state index contributed by atoms with van der Waals surface area (Å²) >= 11 is 0. The van der Waals surface area contributed by atoms with Crippen LogP contribution in [0.2, 0.25) is 0 Å². The quantitative estimate of drug-likeness (QED) is 0.485. The van der Waals surface area contributed by atoms with Crippen LogP contribution in [0.3, 0.4) is 0 Å². The minimum Gasteiger partial charge on any atom is -0.345 e. The first-order valence-corrected chi connectivity index (χ1v) is 6.26. The Morgan fingerprint density at radius 2 is 1.70 bits per heavy atom. The number of hydrogen-bond donors (Lipinski definition) is 2. The van der Waals surface area contributed by atoms with Gasteiger partial charge in [-0.15, -0.1) is 0 Å². The van der Waals surface area contributed by atoms with Gasteiger partial charge < -0.3 is 10.6 Å². The minimum atomic E-state index is -0.511. The highest BCUT2D eigenvalue weighted by Crippen LogP contribution is 2.12. The molecule has 0 bridgehead atoms. The molecule has 0 aliphatic rings. The lowest BCUT2D eigenvalue weighted by atomic mass is 10.1. The van der Waals surface area contributed by atoms with Gasteiger partial charge in [-0.2, -0.15) is 0 Å². The Labute approximate surface area is 118 Å². The monoisotopic (exact) mass is 274 g/mol. The average molecular weight is 274 g/mol. The van der Waals surface area contributed by atoms with Crippen LogP contribution >= 0.6 is 0 Å². The molecule has 0 aromatic heterocycles. The summed E-state index contributed by atoms with van der Waals surface area (Å²) in [6, 6.07) is 9.17. The molecule has 0 fully saturated rings. The molecule has 1 aromatic rings. The van der Waals surface area contributed by atoms with E-state index in [1.54, 1.807) is 0 Å². The third-order valence-corrected chi connectivity index (χ3v) is 2.69. The second kappa shape index (κ2) is 7.23. The van der Waals surface area contributed by atoms with Crippen LogP contribution in [0.25, 0.3) is 0 Å². The number of hydrogen-bond acceptors (Lipinski definition) is 3. The fourth-order valence-corrected chi connectivity index (χ4v) is 1.60. The van der Waals surface area contributed by atoms with Crippen molar-refractivity contribution in [3.05, 3.63) is 47.7 Å². The highest BCUT2D eigenvalue weighted by Gasteiger charge is 2.17. The lowest BCUT2D eigenvalue weighted by Gasteiger charge is -2.15. The van der Waals surface area contributed by atoms with Crippen LogP contribution < -0.4 is 10.6 Å². The molecule has 0 aliphatic carbocycles. The lowest BCUT2D eigenvalue weighted by molar-refractivity contribution is -0.122. The van der Waals surface area contributed by atoms with Crippen molar-refractivity contribution in [1.82, 2.24) is 10.6 Å². The zero-order valence-electron chi connectivity index (χ0n) is 11.8. The molecule has 1 aromatic carbocycles. The Hall–Kier alpha value is -2.43. The van der Waals surface area contributed by atoms with E-state index >= 15 is 0 Å². The van der Waals surface area contributed by atoms with Crippen LogP contribution in [0, 0.1) is 0 Å². The summed E-state index contributed by atoms with van der Waals surface area (Å²) in [5.41, 5.74) is 0.853. The molecule has 1 atom stereocenters. The van der Waals surface area contributed by atoms with Gasteiger partial charge in [0.2, 0.25) is 5.91 Å². The van der Waals surface area contributed by atoms with Gasteiger partial charge in [0.05, 0.1) is 11.6 Å². The van der Waals surface area contributed by atoms with E-state index in [0.717, 1.165) is 11.8 Å². The SMILES string of the molecule is CC(=O)NC=C(C(C)=O)C(=O)N[C@H](C)c1ccccc1. The van der Waals surface area contributed by atoms with Gasteiger partial charge in [-0.05, 0) is 19.4 Å². The average Bonchev–Trinajstić information content (AvgIpc) is 2.39. The lowest BCUT2D eigenvalue weighted by Crippen LogP contribution is -2.31. The summed E-state index contributed by atoms with van der Waals surface area (Å²) < 4.78 is 0. The smallest absolute Gasteiger partial charge is 0.256 e. The Kier molecular flexibility index (Phi) is 5.65. The van der Waals surface area contributed by atoms with Gasteiger partial charge in [-0.1, -0.05) is 30.3 Å². The topological polar surface area (TPSA) is 75.3 Å². The van der Waals surface area contributed by atoms with E-state index in [9.17, 15) is 14.4 Å². The highest BCUT2D eigenvalue weighted by atomic mass is 16.2. The molecule has 1 rings (SSSR count). The van der Waals surface area contributed by atoms with Crippen molar-refractivity contribution in [2.24, 2.45) is 0 Å². The summed E-state index contributed by atoms with van der Waals surface area (Å²) in [6.07, 6.45) is 1.14. The van der Waals surface area contributed by atoms with Gasteiger partial charge in [0.15, 0.2) is 5.78 Å². The minimum absolute atomic E-state index is 0.0806. The van der Waals surface area contributed by atoms with Crippen LogP contribution in [-0.4, -0.2) is 17.6 Å². The third kappa shape index (κ3) is 4.68. The first-order chi connectivity index (χ1) is 9.41. The van der Waals surface area contributed by atoms with E-state index in [0.29, 0.717) is 0 Å². The molecule has 0 aliphatic heterocycles. The summed E-state index contributed by atoms with van der Waals surface area (Å²) in [5.74, 6) is -1.26. The molecular formula is C15H18N2O3. The van der Waals surface area contributed by atoms with E-state index in [-0.39, 0.29) is 17.5 Å². The van der Waals surface area contributed by atoms with Crippen molar-refractivity contribution >= 4 is 17.6 Å². The zero-order chi connectivity index (χ0) is 15.1. The standard InChI is InChI=1S/C15H18N2O3/c1-10(13-7-5-4-6-8-13)17-15(20)14(11(2)18)9-16-12(3)19/h4-10H,1-3H3,(H,16,19)(H,17,20)/t10-/m1/s1. The maximum absolute atomic E-state index is 12.0. The van der Waals surface area contributed by atoms with Crippen molar-refractivity contribution < 1.29 is 14.4 Å². The molecular weight excluding hydrogens is 256 g/mol. The zero-order valence-corrected chi connectivity index (χ0v) is 11.8. The number of amides is 2. The fourth-order valence-electron chi connectivity index (χ4n) is 1.60. The van der Waals surface area contributed by atoms with Crippen molar-refractivity contribution in [3.63, 3.8) is 0 Å². The van der Waals surface area contributed by atoms with Crippen LogP contribution in [0.1, 0.15) is 32.4 Å². The molecule has 0 saturated heterocycles. The maximum atomic E-state index is 12.0. The summed E-state index contributed by atoms with van der Waals surface area (Å²) in [7, 11) is 0. The van der Waals surface area contributed by atoms with E-state index in [1.807, 2.05) is 37.3 Å². The highest BCUT2D eigenvalue weighted by molar-refractivity contribution is 6.18. The van der Waals surface area contributed by atoms with Gasteiger partial charge in [-0.25, -0.2) is 0 Å². The largest absolute Gasteiger partial charge is 0.345 e. The van der Waals surface area contributed by atoms with Crippen molar-refractivity contribution in [3.8, 4) is 0 Å². The second-order valence-electron chi connectivity index (χ2n) is 4.42. The summed E-state index contributed by atoms with van der Waals surface area (Å²) in [4.78, 5) is 34.3. The van der Waals surface area contributed by atoms with Gasteiger partial charge in [-0.3, -0.25) is 14.4 Å². The van der Waals surface area contributed by atoms with Crippen molar-refractivity contribution in [2.45, 2.75) is 26.8 Å². The number of nitrogens with one attached hydrogen (secondary N) is 2. The van der Waals surface area contributed by atoms with Gasteiger partial charge in [0, 0.05) is 13.1 Å². The number of Topliss-reactive ketones (excluding diaryl/α,β-unsaturated/α-hetero) is 1. The van der Waals surface area contributed by atoms with Gasteiger partial charge in [0.1, 0.15) is 0 Å². The normalized spacial score (nSPS) is 12.4. The Morgan fingerprint density at radius 1 is 1.10 bits per heavy atom. The molecule has 106 valence electrons. The molecule has 0 radical (unpaired) electrons. The number of rotatable bonds is 5. The predicted octanol–water partition coefficient (Wildman–Crippen LogP) is 1.47. The summed E-state index contributed by atoms with van der Waals surface area (Å²) in [5, 5.41) is 5.06. The Bertz CT molecular complexity index is 535. The van der Waals surface area contributed by atoms with Crippen molar-refractivity contribution in [2.75, 3.05) is 0 Å². The predicted molar refractivity (Wildman–Crippen MR) is 75.6 cm³/mol. The molecule has 0 saturated carbocycles. The molecule has 5 nitrogen and oxygen atoms in total. The van der Waals surface area contributed by atoms with Crippen LogP contribution in [0.15, 0.2) is 42.1 Å². The first kappa shape index (κ1) is 15.6. The number of carbonyl (C=O) groups excluding carboxylic acids is 3. The van der Waals surface area contributed by atoms with Gasteiger partial charge >= 0.3 is 0 Å². The fraction of sp³-hybridized carbons (Fsp3) is 0.267. The Balaban J connectivity index is 2.79. The van der Waals surface area contributed by atoms with Crippen LogP contribution in [0.5, 0.6) is 0 Å². The van der Waals surface area contributed by atoms with E-state index < -0.39 is 11.7 Å². The van der Waals surface area contributed by atoms with E-state index in [1.165, 1.54) is 13.8 Å². The van der Waals surface area contributed by atoms with Crippen molar-refractivity contribution in [1.29, 1.82) is 0 Å². The summed E-state index contributed by atoms with van der Waals surface area (Å²) in [6.45, 7) is 4.41. The molecule has 2 amide bonds. The molecule has 2 N–H and O–H groups in total. The van der Waals surface area contributed by atoms with Crippen LogP contribution in [0.4, 0.5) is 0 Å². The third-order valence-electron chi connectivity index (χ3n) is 2.69. The maximum Gasteiger partial charge on any atom is 0.256 e. The van der Waals surface area contributed by atoms with E-state index in [2.05, 4.69) is 10.6 Å². The molecule has 0 unspecified atom stereocenters. The number of carbonyl (C=O) groups is 3. The van der Waals surface area contributed by atoms with Gasteiger partial charge in [0.25, 0.3) is 5.91 Å². The molecule has 5 heteroatoms. The number of ketones is 1. The number of benzene rings is 1. The second-order valence-corrected chi connectivity index (χ2v) is 4.42. The first-order valence-electron chi connectivity index (χ1n) is 6.26. The van der Waals surface area contributed by atoms with Crippen LogP contribution in [-0.2, 0) is 14.4 Å². The Morgan fingerprint density at radius 3 is 2.20 bits per heavy atom. The molecule has 0 heterocycles.